The first-order chi connectivity index (χ1) is 13.7. The summed E-state index contributed by atoms with van der Waals surface area (Å²) in [5.74, 6) is 0.317. The molecule has 4 nitrogen and oxygen atoms in total. The van der Waals surface area contributed by atoms with Crippen molar-refractivity contribution in [3.8, 4) is 16.9 Å². The summed E-state index contributed by atoms with van der Waals surface area (Å²) < 4.78 is 6.44. The summed E-state index contributed by atoms with van der Waals surface area (Å²) in [6, 6.07) is 27.3. The fraction of sp³-hybridized carbons (Fsp3) is 0.0435. The summed E-state index contributed by atoms with van der Waals surface area (Å²) in [6.07, 6.45) is 3.44. The van der Waals surface area contributed by atoms with E-state index in [0.29, 0.717) is 5.75 Å². The Labute approximate surface area is 172 Å². The van der Waals surface area contributed by atoms with Crippen molar-refractivity contribution >= 4 is 34.1 Å². The molecule has 0 unspecified atom stereocenters. The number of nitrogens with zero attached hydrogens (tertiary/aromatic N) is 1. The maximum absolute atomic E-state index is 12.0. The highest BCUT2D eigenvalue weighted by Crippen LogP contribution is 2.29. The normalized spacial score (nSPS) is 11.4. The summed E-state index contributed by atoms with van der Waals surface area (Å²) in [7, 11) is 0. The summed E-state index contributed by atoms with van der Waals surface area (Å²) in [5.41, 5.74) is 5.47. The molecule has 28 heavy (non-hydrogen) atoms. The number of carbonyl (C=O) groups excluding carboxylic acids is 1. The summed E-state index contributed by atoms with van der Waals surface area (Å²) in [6.45, 7) is -0.124. The van der Waals surface area contributed by atoms with E-state index in [-0.39, 0.29) is 12.5 Å². The van der Waals surface area contributed by atoms with E-state index in [0.717, 1.165) is 21.2 Å². The lowest BCUT2D eigenvalue weighted by Gasteiger charge is -2.10. The smallest absolute Gasteiger partial charge is 0.277 e. The first-order valence-electron chi connectivity index (χ1n) is 8.74. The maximum Gasteiger partial charge on any atom is 0.277 e. The van der Waals surface area contributed by atoms with Gasteiger partial charge in [0, 0.05) is 10.0 Å². The number of rotatable bonds is 7. The molecule has 0 radical (unpaired) electrons. The average Bonchev–Trinajstić information content (AvgIpc) is 2.74. The number of allylic oxidation sites excluding steroid dienone is 1. The van der Waals surface area contributed by atoms with Crippen LogP contribution in [0, 0.1) is 0 Å². The number of carbonyl (C=O) groups is 1. The molecule has 0 bridgehead atoms. The van der Waals surface area contributed by atoms with Crippen LogP contribution in [0.3, 0.4) is 0 Å². The van der Waals surface area contributed by atoms with E-state index in [2.05, 4.69) is 26.5 Å². The number of nitrogens with one attached hydrogen (secondary N) is 1. The molecule has 140 valence electrons. The van der Waals surface area contributed by atoms with E-state index < -0.39 is 0 Å². The van der Waals surface area contributed by atoms with Crippen LogP contribution in [0.5, 0.6) is 5.75 Å². The minimum absolute atomic E-state index is 0.124. The lowest BCUT2D eigenvalue weighted by molar-refractivity contribution is -0.123. The number of para-hydroxylation sites is 1. The van der Waals surface area contributed by atoms with Crippen molar-refractivity contribution in [3.05, 3.63) is 95.0 Å². The molecule has 0 aliphatic carbocycles. The van der Waals surface area contributed by atoms with Crippen molar-refractivity contribution in [2.45, 2.75) is 0 Å². The van der Waals surface area contributed by atoms with Gasteiger partial charge in [0.15, 0.2) is 6.61 Å². The fourth-order valence-electron chi connectivity index (χ4n) is 2.54. The summed E-state index contributed by atoms with van der Waals surface area (Å²) in [5, 5.41) is 3.94. The Bertz CT molecular complexity index is 970. The van der Waals surface area contributed by atoms with Crippen molar-refractivity contribution in [2.24, 2.45) is 5.10 Å². The molecule has 0 saturated heterocycles. The number of halogens is 1. The molecule has 0 spiro atoms. The highest BCUT2D eigenvalue weighted by atomic mass is 79.9. The molecule has 5 heteroatoms. The Morgan fingerprint density at radius 3 is 2.32 bits per heavy atom. The topological polar surface area (TPSA) is 50.7 Å². The number of amides is 1. The Morgan fingerprint density at radius 2 is 1.57 bits per heavy atom. The van der Waals surface area contributed by atoms with Crippen LogP contribution in [0.1, 0.15) is 5.56 Å². The number of hydrogen-bond donors (Lipinski definition) is 1. The van der Waals surface area contributed by atoms with Gasteiger partial charge in [-0.1, -0.05) is 78.9 Å². The van der Waals surface area contributed by atoms with Gasteiger partial charge in [-0.2, -0.15) is 5.10 Å². The second-order valence-corrected chi connectivity index (χ2v) is 6.80. The molecule has 3 rings (SSSR count). The third kappa shape index (κ3) is 5.93. The van der Waals surface area contributed by atoms with Crippen LogP contribution in [0.2, 0.25) is 0 Å². The van der Waals surface area contributed by atoms with Crippen molar-refractivity contribution in [3.63, 3.8) is 0 Å². The second kappa shape index (κ2) is 10.2. The molecular weight excluding hydrogens is 416 g/mol. The molecule has 0 aromatic heterocycles. The summed E-state index contributed by atoms with van der Waals surface area (Å²) >= 11 is 3.41. The predicted molar refractivity (Wildman–Crippen MR) is 117 cm³/mol. The van der Waals surface area contributed by atoms with Gasteiger partial charge in [0.1, 0.15) is 5.75 Å². The van der Waals surface area contributed by atoms with Crippen LogP contribution in [-0.2, 0) is 4.79 Å². The van der Waals surface area contributed by atoms with Gasteiger partial charge in [-0.3, -0.25) is 4.79 Å². The molecular formula is C23H19BrN2O2. The largest absolute Gasteiger partial charge is 0.483 e. The van der Waals surface area contributed by atoms with Crippen molar-refractivity contribution in [1.29, 1.82) is 0 Å². The van der Waals surface area contributed by atoms with Crippen molar-refractivity contribution < 1.29 is 9.53 Å². The molecule has 0 aliphatic rings. The zero-order chi connectivity index (χ0) is 19.6. The average molecular weight is 435 g/mol. The molecule has 1 amide bonds. The molecule has 3 aromatic carbocycles. The number of ether oxygens (including phenoxy) is 1. The Hall–Kier alpha value is -3.18. The molecule has 0 aliphatic heterocycles. The molecule has 1 N–H and O–H groups in total. The summed E-state index contributed by atoms with van der Waals surface area (Å²) in [4.78, 5) is 12.0. The first-order valence-corrected chi connectivity index (χ1v) is 9.53. The van der Waals surface area contributed by atoms with Gasteiger partial charge in [0.25, 0.3) is 5.91 Å². The SMILES string of the molecule is O=C(COc1ccccc1-c1ccccc1)N/N=C/C(Br)=C/c1ccccc1. The van der Waals surface area contributed by atoms with Gasteiger partial charge in [-0.25, -0.2) is 5.43 Å². The first kappa shape index (κ1) is 19.6. The molecule has 0 fully saturated rings. The fourth-order valence-corrected chi connectivity index (χ4v) is 2.90. The van der Waals surface area contributed by atoms with E-state index >= 15 is 0 Å². The van der Waals surface area contributed by atoms with Crippen LogP contribution >= 0.6 is 15.9 Å². The van der Waals surface area contributed by atoms with E-state index in [1.54, 1.807) is 0 Å². The van der Waals surface area contributed by atoms with Gasteiger partial charge < -0.3 is 4.74 Å². The molecule has 0 saturated carbocycles. The van der Waals surface area contributed by atoms with Crippen LogP contribution in [0.15, 0.2) is 94.5 Å². The Morgan fingerprint density at radius 1 is 0.929 bits per heavy atom. The lowest BCUT2D eigenvalue weighted by Crippen LogP contribution is -2.24. The standard InChI is InChI=1S/C23H19BrN2O2/c24-20(15-18-9-3-1-4-10-18)16-25-26-23(27)17-28-22-14-8-7-13-21(22)19-11-5-2-6-12-19/h1-16H,17H2,(H,26,27)/b20-15-,25-16+. The minimum Gasteiger partial charge on any atom is -0.483 e. The molecule has 0 heterocycles. The van der Waals surface area contributed by atoms with E-state index in [4.69, 9.17) is 4.74 Å². The number of hydrogen-bond acceptors (Lipinski definition) is 3. The zero-order valence-corrected chi connectivity index (χ0v) is 16.7. The molecule has 3 aromatic rings. The van der Waals surface area contributed by atoms with Gasteiger partial charge >= 0.3 is 0 Å². The van der Waals surface area contributed by atoms with E-state index in [1.165, 1.54) is 6.21 Å². The maximum atomic E-state index is 12.0. The Kier molecular flexibility index (Phi) is 7.15. The van der Waals surface area contributed by atoms with Gasteiger partial charge in [-0.15, -0.1) is 0 Å². The molecule has 0 atom stereocenters. The van der Waals surface area contributed by atoms with Crippen molar-refractivity contribution in [2.75, 3.05) is 6.61 Å². The Balaban J connectivity index is 1.55. The minimum atomic E-state index is -0.334. The second-order valence-electron chi connectivity index (χ2n) is 5.88. The van der Waals surface area contributed by atoms with Gasteiger partial charge in [0.2, 0.25) is 0 Å². The number of benzene rings is 3. The van der Waals surface area contributed by atoms with Crippen LogP contribution in [-0.4, -0.2) is 18.7 Å². The van der Waals surface area contributed by atoms with Crippen LogP contribution < -0.4 is 10.2 Å². The van der Waals surface area contributed by atoms with Gasteiger partial charge in [0.05, 0.1) is 6.21 Å². The van der Waals surface area contributed by atoms with Crippen LogP contribution in [0.4, 0.5) is 0 Å². The number of hydrazone groups is 1. The van der Waals surface area contributed by atoms with Gasteiger partial charge in [-0.05, 0) is 39.2 Å². The van der Waals surface area contributed by atoms with Crippen molar-refractivity contribution in [1.82, 2.24) is 5.43 Å². The third-order valence-corrected chi connectivity index (χ3v) is 4.25. The zero-order valence-electron chi connectivity index (χ0n) is 15.1. The predicted octanol–water partition coefficient (Wildman–Crippen LogP) is 5.27. The highest BCUT2D eigenvalue weighted by molar-refractivity contribution is 9.12. The van der Waals surface area contributed by atoms with Crippen LogP contribution in [0.25, 0.3) is 17.2 Å². The highest BCUT2D eigenvalue weighted by Gasteiger charge is 2.07. The lowest BCUT2D eigenvalue weighted by atomic mass is 10.1. The third-order valence-electron chi connectivity index (χ3n) is 3.81. The quantitative estimate of drug-likeness (QED) is 0.406. The monoisotopic (exact) mass is 434 g/mol. The van der Waals surface area contributed by atoms with E-state index in [1.807, 2.05) is 91.0 Å². The van der Waals surface area contributed by atoms with E-state index in [9.17, 15) is 4.79 Å².